The van der Waals surface area contributed by atoms with Crippen molar-refractivity contribution in [1.82, 2.24) is 20.4 Å². The van der Waals surface area contributed by atoms with Gasteiger partial charge in [-0.25, -0.2) is 4.79 Å². The second-order valence-corrected chi connectivity index (χ2v) is 7.70. The molecule has 0 atom stereocenters. The van der Waals surface area contributed by atoms with E-state index in [0.29, 0.717) is 6.54 Å². The van der Waals surface area contributed by atoms with Gasteiger partial charge < -0.3 is 10.2 Å². The lowest BCUT2D eigenvalue weighted by Crippen LogP contribution is -2.47. The number of aromatic nitrogens is 2. The Balaban J connectivity index is 1.21. The van der Waals surface area contributed by atoms with Crippen molar-refractivity contribution in [2.75, 3.05) is 13.1 Å². The van der Waals surface area contributed by atoms with Gasteiger partial charge in [0.05, 0.1) is 12.2 Å². The molecular formula is C21H24N4O. The summed E-state index contributed by atoms with van der Waals surface area (Å²) in [5.74, 6) is 0. The number of fused-ring (bicyclic) bond motifs is 3. The number of nitrogens with zero attached hydrogens (tertiary/aromatic N) is 2. The summed E-state index contributed by atoms with van der Waals surface area (Å²) in [6, 6.07) is 8.67. The number of amides is 2. The zero-order valence-corrected chi connectivity index (χ0v) is 14.9. The van der Waals surface area contributed by atoms with Crippen LogP contribution in [0.3, 0.4) is 0 Å². The highest BCUT2D eigenvalue weighted by Gasteiger charge is 2.38. The number of urea groups is 1. The van der Waals surface area contributed by atoms with Gasteiger partial charge in [-0.1, -0.05) is 36.4 Å². The molecule has 0 saturated carbocycles. The molecule has 2 aliphatic carbocycles. The summed E-state index contributed by atoms with van der Waals surface area (Å²) >= 11 is 0. The van der Waals surface area contributed by atoms with Gasteiger partial charge in [-0.2, -0.15) is 5.10 Å². The van der Waals surface area contributed by atoms with Gasteiger partial charge in [0.25, 0.3) is 0 Å². The van der Waals surface area contributed by atoms with Crippen molar-refractivity contribution in [2.24, 2.45) is 0 Å². The van der Waals surface area contributed by atoms with Crippen LogP contribution in [0.1, 0.15) is 47.3 Å². The number of rotatable bonds is 2. The fourth-order valence-corrected chi connectivity index (χ4v) is 4.79. The van der Waals surface area contributed by atoms with E-state index >= 15 is 0 Å². The molecule has 5 rings (SSSR count). The molecule has 1 spiro atoms. The summed E-state index contributed by atoms with van der Waals surface area (Å²) in [4.78, 5) is 14.6. The molecule has 26 heavy (non-hydrogen) atoms. The van der Waals surface area contributed by atoms with Crippen LogP contribution in [0.5, 0.6) is 0 Å². The van der Waals surface area contributed by atoms with E-state index in [1.54, 1.807) is 0 Å². The van der Waals surface area contributed by atoms with E-state index in [4.69, 9.17) is 0 Å². The molecule has 1 aromatic heterocycles. The predicted octanol–water partition coefficient (Wildman–Crippen LogP) is 3.17. The van der Waals surface area contributed by atoms with Crippen LogP contribution in [-0.4, -0.2) is 34.2 Å². The van der Waals surface area contributed by atoms with Crippen molar-refractivity contribution < 1.29 is 4.79 Å². The van der Waals surface area contributed by atoms with E-state index in [9.17, 15) is 4.79 Å². The van der Waals surface area contributed by atoms with Gasteiger partial charge in [0.2, 0.25) is 0 Å². The topological polar surface area (TPSA) is 61.0 Å². The Hall–Kier alpha value is -2.56. The number of hydrogen-bond acceptors (Lipinski definition) is 2. The van der Waals surface area contributed by atoms with Crippen LogP contribution in [-0.2, 0) is 24.8 Å². The van der Waals surface area contributed by atoms with Gasteiger partial charge in [-0.15, -0.1) is 0 Å². The number of aromatic amines is 1. The SMILES string of the molecule is O=C(NCc1n[nH]c2c1CCC2)N1CCC2(C=Cc3ccccc32)CC1. The first-order chi connectivity index (χ1) is 12.8. The van der Waals surface area contributed by atoms with Crippen LogP contribution in [0.2, 0.25) is 0 Å². The van der Waals surface area contributed by atoms with Gasteiger partial charge in [-0.3, -0.25) is 5.10 Å². The maximum Gasteiger partial charge on any atom is 0.317 e. The molecule has 0 radical (unpaired) electrons. The molecule has 1 fully saturated rings. The molecule has 2 aromatic rings. The number of aryl methyl sites for hydroxylation is 1. The van der Waals surface area contributed by atoms with Crippen LogP contribution in [0.25, 0.3) is 6.08 Å². The highest BCUT2D eigenvalue weighted by atomic mass is 16.2. The second kappa shape index (κ2) is 6.01. The third-order valence-electron chi connectivity index (χ3n) is 6.32. The lowest BCUT2D eigenvalue weighted by Gasteiger charge is -2.39. The number of benzene rings is 1. The molecule has 1 aromatic carbocycles. The molecule has 2 N–H and O–H groups in total. The Morgan fingerprint density at radius 1 is 1.23 bits per heavy atom. The highest BCUT2D eigenvalue weighted by Crippen LogP contribution is 2.43. The molecule has 2 heterocycles. The average Bonchev–Trinajstić information content (AvgIpc) is 3.37. The van der Waals surface area contributed by atoms with Gasteiger partial charge in [0.1, 0.15) is 0 Å². The third kappa shape index (κ3) is 2.45. The minimum Gasteiger partial charge on any atom is -0.332 e. The molecule has 1 aliphatic heterocycles. The number of hydrogen-bond donors (Lipinski definition) is 2. The van der Waals surface area contributed by atoms with Gasteiger partial charge in [0.15, 0.2) is 0 Å². The Morgan fingerprint density at radius 3 is 2.96 bits per heavy atom. The first-order valence-electron chi connectivity index (χ1n) is 9.62. The van der Waals surface area contributed by atoms with E-state index in [0.717, 1.165) is 44.5 Å². The van der Waals surface area contributed by atoms with Crippen molar-refractivity contribution in [3.8, 4) is 0 Å². The summed E-state index contributed by atoms with van der Waals surface area (Å²) in [5, 5.41) is 10.5. The van der Waals surface area contributed by atoms with Crippen LogP contribution in [0.15, 0.2) is 30.3 Å². The number of piperidine rings is 1. The highest BCUT2D eigenvalue weighted by molar-refractivity contribution is 5.74. The Morgan fingerprint density at radius 2 is 2.08 bits per heavy atom. The largest absolute Gasteiger partial charge is 0.332 e. The van der Waals surface area contributed by atoms with Crippen LogP contribution in [0.4, 0.5) is 4.79 Å². The quantitative estimate of drug-likeness (QED) is 0.876. The first kappa shape index (κ1) is 15.7. The number of carbonyl (C=O) groups is 1. The van der Waals surface area contributed by atoms with Crippen molar-refractivity contribution >= 4 is 12.1 Å². The zero-order valence-electron chi connectivity index (χ0n) is 14.9. The molecule has 5 heteroatoms. The number of H-pyrrole nitrogens is 1. The van der Waals surface area contributed by atoms with E-state index in [-0.39, 0.29) is 11.4 Å². The Kier molecular flexibility index (Phi) is 3.62. The second-order valence-electron chi connectivity index (χ2n) is 7.70. The third-order valence-corrected chi connectivity index (χ3v) is 6.32. The summed E-state index contributed by atoms with van der Waals surface area (Å²) in [6.45, 7) is 2.11. The molecule has 3 aliphatic rings. The summed E-state index contributed by atoms with van der Waals surface area (Å²) in [7, 11) is 0. The zero-order chi connectivity index (χ0) is 17.6. The molecule has 134 valence electrons. The lowest BCUT2D eigenvalue weighted by atomic mass is 9.74. The number of likely N-dealkylation sites (tertiary alicyclic amines) is 1. The van der Waals surface area contributed by atoms with E-state index in [2.05, 4.69) is 51.9 Å². The van der Waals surface area contributed by atoms with Crippen LogP contribution in [0, 0.1) is 0 Å². The van der Waals surface area contributed by atoms with Crippen LogP contribution < -0.4 is 5.32 Å². The first-order valence-corrected chi connectivity index (χ1v) is 9.62. The monoisotopic (exact) mass is 348 g/mol. The summed E-state index contributed by atoms with van der Waals surface area (Å²) in [5.41, 5.74) is 6.45. The number of nitrogens with one attached hydrogen (secondary N) is 2. The molecule has 0 unspecified atom stereocenters. The van der Waals surface area contributed by atoms with E-state index in [1.807, 2.05) is 4.90 Å². The van der Waals surface area contributed by atoms with Crippen molar-refractivity contribution in [3.63, 3.8) is 0 Å². The minimum absolute atomic E-state index is 0.0323. The lowest BCUT2D eigenvalue weighted by molar-refractivity contribution is 0.170. The molecule has 2 amide bonds. The maximum atomic E-state index is 12.6. The molecule has 0 bridgehead atoms. The van der Waals surface area contributed by atoms with Crippen molar-refractivity contribution in [1.29, 1.82) is 0 Å². The standard InChI is InChI=1S/C21H24N4O/c26-20(22-14-19-16-5-3-7-18(16)23-24-19)25-12-10-21(11-13-25)9-8-15-4-1-2-6-17(15)21/h1-2,4,6,8-9H,3,5,7,10-14H2,(H,22,26)(H,23,24). The smallest absolute Gasteiger partial charge is 0.317 e. The fourth-order valence-electron chi connectivity index (χ4n) is 4.79. The van der Waals surface area contributed by atoms with E-state index in [1.165, 1.54) is 28.8 Å². The minimum atomic E-state index is 0.0323. The normalized spacial score (nSPS) is 19.6. The van der Waals surface area contributed by atoms with Gasteiger partial charge in [-0.05, 0) is 48.8 Å². The molecule has 1 saturated heterocycles. The maximum absolute atomic E-state index is 12.6. The predicted molar refractivity (Wildman–Crippen MR) is 101 cm³/mol. The van der Waals surface area contributed by atoms with Crippen LogP contribution >= 0.6 is 0 Å². The number of allylic oxidation sites excluding steroid dienone is 1. The number of carbonyl (C=O) groups excluding carboxylic acids is 1. The average molecular weight is 348 g/mol. The van der Waals surface area contributed by atoms with E-state index < -0.39 is 0 Å². The van der Waals surface area contributed by atoms with Gasteiger partial charge in [0, 0.05) is 24.2 Å². The Labute approximate surface area is 153 Å². The molecule has 5 nitrogen and oxygen atoms in total. The van der Waals surface area contributed by atoms with Crippen molar-refractivity contribution in [2.45, 2.75) is 44.1 Å². The Bertz CT molecular complexity index is 874. The fraction of sp³-hybridized carbons (Fsp3) is 0.429. The summed E-state index contributed by atoms with van der Waals surface area (Å²) < 4.78 is 0. The van der Waals surface area contributed by atoms with Gasteiger partial charge >= 0.3 is 6.03 Å². The summed E-state index contributed by atoms with van der Waals surface area (Å²) in [6.07, 6.45) is 9.92. The molecular weight excluding hydrogens is 324 g/mol. The van der Waals surface area contributed by atoms with Crippen molar-refractivity contribution in [3.05, 3.63) is 58.4 Å².